The molecule has 0 saturated heterocycles. The highest BCUT2D eigenvalue weighted by molar-refractivity contribution is 9.10. The van der Waals surface area contributed by atoms with E-state index in [4.69, 9.17) is 4.74 Å². The van der Waals surface area contributed by atoms with Crippen LogP contribution >= 0.6 is 27.7 Å². The molecule has 100 valence electrons. The van der Waals surface area contributed by atoms with Gasteiger partial charge in [-0.1, -0.05) is 46.3 Å². The van der Waals surface area contributed by atoms with Gasteiger partial charge in [0.25, 0.3) is 0 Å². The summed E-state index contributed by atoms with van der Waals surface area (Å²) >= 11 is 5.35. The number of rotatable bonds is 6. The Bertz CT molecular complexity index is 528. The van der Waals surface area contributed by atoms with Crippen molar-refractivity contribution in [2.24, 2.45) is 0 Å². The monoisotopic (exact) mass is 336 g/mol. The fourth-order valence-corrected chi connectivity index (χ4v) is 3.00. The van der Waals surface area contributed by atoms with Crippen molar-refractivity contribution in [1.29, 1.82) is 0 Å². The molecule has 0 aliphatic rings. The molecule has 1 nitrogen and oxygen atoms in total. The van der Waals surface area contributed by atoms with E-state index in [9.17, 15) is 0 Å². The number of hydrogen-bond acceptors (Lipinski definition) is 2. The molecule has 0 bridgehead atoms. The highest BCUT2D eigenvalue weighted by Gasteiger charge is 1.98. The van der Waals surface area contributed by atoms with Gasteiger partial charge in [-0.2, -0.15) is 11.8 Å². The first-order valence-electron chi connectivity index (χ1n) is 6.26. The van der Waals surface area contributed by atoms with Crippen LogP contribution in [-0.4, -0.2) is 12.4 Å². The summed E-state index contributed by atoms with van der Waals surface area (Å²) in [5.74, 6) is 2.97. The molecule has 0 fully saturated rings. The first-order valence-corrected chi connectivity index (χ1v) is 8.21. The summed E-state index contributed by atoms with van der Waals surface area (Å²) in [5, 5.41) is 0. The number of thioether (sulfide) groups is 1. The van der Waals surface area contributed by atoms with Gasteiger partial charge in [0.05, 0.1) is 6.61 Å². The maximum absolute atomic E-state index is 5.70. The summed E-state index contributed by atoms with van der Waals surface area (Å²) in [5.41, 5.74) is 2.78. The van der Waals surface area contributed by atoms with Gasteiger partial charge in [0.1, 0.15) is 5.75 Å². The van der Waals surface area contributed by atoms with Gasteiger partial charge in [0.15, 0.2) is 0 Å². The number of aryl methyl sites for hydroxylation is 1. The van der Waals surface area contributed by atoms with E-state index in [0.29, 0.717) is 0 Å². The van der Waals surface area contributed by atoms with Crippen LogP contribution in [0.5, 0.6) is 5.75 Å². The second kappa shape index (κ2) is 7.61. The number of halogens is 1. The Hall–Kier alpha value is -0.930. The van der Waals surface area contributed by atoms with Crippen LogP contribution in [0.1, 0.15) is 11.1 Å². The zero-order chi connectivity index (χ0) is 13.5. The van der Waals surface area contributed by atoms with Gasteiger partial charge in [0, 0.05) is 16.0 Å². The Morgan fingerprint density at radius 3 is 2.74 bits per heavy atom. The number of hydrogen-bond donors (Lipinski definition) is 0. The Labute approximate surface area is 127 Å². The van der Waals surface area contributed by atoms with E-state index in [2.05, 4.69) is 47.1 Å². The van der Waals surface area contributed by atoms with Crippen molar-refractivity contribution < 1.29 is 4.74 Å². The van der Waals surface area contributed by atoms with Crippen LogP contribution in [0.25, 0.3) is 0 Å². The van der Waals surface area contributed by atoms with Crippen molar-refractivity contribution in [3.8, 4) is 5.75 Å². The normalized spacial score (nSPS) is 10.4. The minimum Gasteiger partial charge on any atom is -0.493 e. The van der Waals surface area contributed by atoms with E-state index in [-0.39, 0.29) is 0 Å². The van der Waals surface area contributed by atoms with E-state index in [1.54, 1.807) is 0 Å². The van der Waals surface area contributed by atoms with E-state index >= 15 is 0 Å². The van der Waals surface area contributed by atoms with Crippen LogP contribution in [0.4, 0.5) is 0 Å². The van der Waals surface area contributed by atoms with Crippen molar-refractivity contribution in [2.75, 3.05) is 12.4 Å². The average Bonchev–Trinajstić information content (AvgIpc) is 2.40. The van der Waals surface area contributed by atoms with E-state index in [1.165, 1.54) is 11.1 Å². The minimum absolute atomic E-state index is 0.743. The maximum Gasteiger partial charge on any atom is 0.120 e. The molecule has 0 saturated carbocycles. The SMILES string of the molecule is Cc1ccccc1CSCCOc1cccc(Br)c1. The fourth-order valence-electron chi connectivity index (χ4n) is 1.73. The van der Waals surface area contributed by atoms with Gasteiger partial charge in [0.2, 0.25) is 0 Å². The average molecular weight is 337 g/mol. The highest BCUT2D eigenvalue weighted by Crippen LogP contribution is 2.19. The lowest BCUT2D eigenvalue weighted by Crippen LogP contribution is -2.00. The van der Waals surface area contributed by atoms with E-state index < -0.39 is 0 Å². The summed E-state index contributed by atoms with van der Waals surface area (Å²) in [4.78, 5) is 0. The van der Waals surface area contributed by atoms with Crippen molar-refractivity contribution in [3.05, 3.63) is 64.1 Å². The van der Waals surface area contributed by atoms with Crippen molar-refractivity contribution >= 4 is 27.7 Å². The predicted molar refractivity (Wildman–Crippen MR) is 87.0 cm³/mol. The molecule has 0 atom stereocenters. The first-order chi connectivity index (χ1) is 9.25. The molecule has 3 heteroatoms. The number of benzene rings is 2. The molecule has 19 heavy (non-hydrogen) atoms. The molecular weight excluding hydrogens is 320 g/mol. The van der Waals surface area contributed by atoms with Crippen LogP contribution in [0, 0.1) is 6.92 Å². The second-order valence-electron chi connectivity index (χ2n) is 4.28. The van der Waals surface area contributed by atoms with Gasteiger partial charge in [-0.25, -0.2) is 0 Å². The summed E-state index contributed by atoms with van der Waals surface area (Å²) in [6.07, 6.45) is 0. The van der Waals surface area contributed by atoms with Gasteiger partial charge in [-0.05, 0) is 36.2 Å². The highest BCUT2D eigenvalue weighted by atomic mass is 79.9. The van der Waals surface area contributed by atoms with Crippen LogP contribution in [0.15, 0.2) is 53.0 Å². The van der Waals surface area contributed by atoms with Gasteiger partial charge < -0.3 is 4.74 Å². The molecule has 0 aromatic heterocycles. The summed E-state index contributed by atoms with van der Waals surface area (Å²) in [6.45, 7) is 2.90. The third-order valence-electron chi connectivity index (χ3n) is 2.81. The van der Waals surface area contributed by atoms with Crippen molar-refractivity contribution in [1.82, 2.24) is 0 Å². The quantitative estimate of drug-likeness (QED) is 0.681. The molecule has 0 aliphatic carbocycles. The van der Waals surface area contributed by atoms with Gasteiger partial charge >= 0.3 is 0 Å². The Morgan fingerprint density at radius 1 is 1.11 bits per heavy atom. The molecule has 2 rings (SSSR count). The molecular formula is C16H17BrOS. The van der Waals surface area contributed by atoms with Crippen LogP contribution in [0.2, 0.25) is 0 Å². The Morgan fingerprint density at radius 2 is 1.95 bits per heavy atom. The summed E-state index contributed by atoms with van der Waals surface area (Å²) < 4.78 is 6.76. The molecule has 0 aliphatic heterocycles. The van der Waals surface area contributed by atoms with Crippen molar-refractivity contribution in [3.63, 3.8) is 0 Å². The third kappa shape index (κ3) is 4.92. The largest absolute Gasteiger partial charge is 0.493 e. The zero-order valence-electron chi connectivity index (χ0n) is 10.9. The molecule has 0 unspecified atom stereocenters. The lowest BCUT2D eigenvalue weighted by molar-refractivity contribution is 0.344. The maximum atomic E-state index is 5.70. The molecule has 0 amide bonds. The molecule has 0 N–H and O–H groups in total. The second-order valence-corrected chi connectivity index (χ2v) is 6.31. The molecule has 0 spiro atoms. The van der Waals surface area contributed by atoms with Crippen LogP contribution in [-0.2, 0) is 5.75 Å². The molecule has 2 aromatic rings. The van der Waals surface area contributed by atoms with Gasteiger partial charge in [-0.3, -0.25) is 0 Å². The predicted octanol–water partition coefficient (Wildman–Crippen LogP) is 5.07. The molecule has 0 radical (unpaired) electrons. The van der Waals surface area contributed by atoms with Crippen molar-refractivity contribution in [2.45, 2.75) is 12.7 Å². The zero-order valence-corrected chi connectivity index (χ0v) is 13.3. The minimum atomic E-state index is 0.743. The summed E-state index contributed by atoms with van der Waals surface area (Å²) in [7, 11) is 0. The summed E-state index contributed by atoms with van der Waals surface area (Å²) in [6, 6.07) is 16.5. The fraction of sp³-hybridized carbons (Fsp3) is 0.250. The lowest BCUT2D eigenvalue weighted by Gasteiger charge is -2.07. The number of ether oxygens (including phenoxy) is 1. The molecule has 2 aromatic carbocycles. The molecule has 0 heterocycles. The van der Waals surface area contributed by atoms with Gasteiger partial charge in [-0.15, -0.1) is 0 Å². The van der Waals surface area contributed by atoms with E-state index in [0.717, 1.165) is 28.3 Å². The van der Waals surface area contributed by atoms with Crippen LogP contribution in [0.3, 0.4) is 0 Å². The smallest absolute Gasteiger partial charge is 0.120 e. The van der Waals surface area contributed by atoms with E-state index in [1.807, 2.05) is 36.0 Å². The Balaban J connectivity index is 1.69. The third-order valence-corrected chi connectivity index (χ3v) is 4.28. The first kappa shape index (κ1) is 14.5. The Kier molecular flexibility index (Phi) is 5.80. The standard InChI is InChI=1S/C16H17BrOS/c1-13-5-2-3-6-14(13)12-19-10-9-18-16-8-4-7-15(17)11-16/h2-8,11H,9-10,12H2,1H3. The lowest BCUT2D eigenvalue weighted by atomic mass is 10.1. The van der Waals surface area contributed by atoms with Crippen LogP contribution < -0.4 is 4.74 Å². The topological polar surface area (TPSA) is 9.23 Å².